The summed E-state index contributed by atoms with van der Waals surface area (Å²) in [6.45, 7) is 4.07. The minimum Gasteiger partial charge on any atom is -0.380 e. The lowest BCUT2D eigenvalue weighted by molar-refractivity contribution is 0.0330. The van der Waals surface area contributed by atoms with Crippen molar-refractivity contribution in [2.75, 3.05) is 7.11 Å². The fourth-order valence-electron chi connectivity index (χ4n) is 2.11. The summed E-state index contributed by atoms with van der Waals surface area (Å²) in [6, 6.07) is 4.35. The molecule has 102 valence electrons. The molecule has 0 spiro atoms. The standard InChI is InChI=1S/C13H20ClFN2O/c1-8(2)13(18-3)12(17-16)7-9-6-10(14)4-5-11(9)15/h4-6,8,12-13,17H,7,16H2,1-3H3. The molecule has 0 radical (unpaired) electrons. The number of rotatable bonds is 6. The van der Waals surface area contributed by atoms with Crippen LogP contribution >= 0.6 is 11.6 Å². The van der Waals surface area contributed by atoms with E-state index in [4.69, 9.17) is 22.2 Å². The van der Waals surface area contributed by atoms with E-state index in [0.717, 1.165) is 0 Å². The van der Waals surface area contributed by atoms with Crippen molar-refractivity contribution >= 4 is 11.6 Å². The number of halogens is 2. The van der Waals surface area contributed by atoms with Gasteiger partial charge in [0.25, 0.3) is 0 Å². The molecule has 0 aliphatic carbocycles. The number of hydrogen-bond acceptors (Lipinski definition) is 3. The highest BCUT2D eigenvalue weighted by atomic mass is 35.5. The smallest absolute Gasteiger partial charge is 0.126 e. The van der Waals surface area contributed by atoms with Crippen LogP contribution in [0.4, 0.5) is 4.39 Å². The van der Waals surface area contributed by atoms with Gasteiger partial charge < -0.3 is 4.74 Å². The van der Waals surface area contributed by atoms with Gasteiger partial charge in [-0.1, -0.05) is 25.4 Å². The fourth-order valence-corrected chi connectivity index (χ4v) is 2.30. The van der Waals surface area contributed by atoms with Gasteiger partial charge in [-0.05, 0) is 36.1 Å². The van der Waals surface area contributed by atoms with Crippen LogP contribution in [0.1, 0.15) is 19.4 Å². The van der Waals surface area contributed by atoms with Crippen molar-refractivity contribution in [3.05, 3.63) is 34.6 Å². The number of nitrogens with one attached hydrogen (secondary N) is 1. The number of nitrogens with two attached hydrogens (primary N) is 1. The molecular formula is C13H20ClFN2O. The Bertz CT molecular complexity index is 387. The molecule has 0 amide bonds. The maximum atomic E-state index is 13.7. The lowest BCUT2D eigenvalue weighted by atomic mass is 9.94. The average molecular weight is 275 g/mol. The fraction of sp³-hybridized carbons (Fsp3) is 0.538. The first kappa shape index (κ1) is 15.4. The van der Waals surface area contributed by atoms with Gasteiger partial charge in [0.05, 0.1) is 12.1 Å². The summed E-state index contributed by atoms with van der Waals surface area (Å²) in [5, 5.41) is 0.515. The number of benzene rings is 1. The minimum absolute atomic E-state index is 0.0895. The van der Waals surface area contributed by atoms with Crippen LogP contribution in [0.5, 0.6) is 0 Å². The second kappa shape index (κ2) is 7.04. The summed E-state index contributed by atoms with van der Waals surface area (Å²) in [5.41, 5.74) is 3.23. The molecule has 0 aromatic heterocycles. The predicted molar refractivity (Wildman–Crippen MR) is 71.9 cm³/mol. The highest BCUT2D eigenvalue weighted by molar-refractivity contribution is 6.30. The Morgan fingerprint density at radius 1 is 1.44 bits per heavy atom. The highest BCUT2D eigenvalue weighted by Crippen LogP contribution is 2.19. The van der Waals surface area contributed by atoms with Gasteiger partial charge >= 0.3 is 0 Å². The topological polar surface area (TPSA) is 47.3 Å². The summed E-state index contributed by atoms with van der Waals surface area (Å²) in [6.07, 6.45) is 0.341. The van der Waals surface area contributed by atoms with Gasteiger partial charge in [-0.25, -0.2) is 4.39 Å². The van der Waals surface area contributed by atoms with E-state index in [1.807, 2.05) is 13.8 Å². The second-order valence-corrected chi connectivity index (χ2v) is 5.09. The molecule has 1 aromatic carbocycles. The van der Waals surface area contributed by atoms with E-state index in [1.54, 1.807) is 13.2 Å². The van der Waals surface area contributed by atoms with E-state index in [9.17, 15) is 4.39 Å². The van der Waals surface area contributed by atoms with Crippen LogP contribution in [0.15, 0.2) is 18.2 Å². The first-order valence-electron chi connectivity index (χ1n) is 5.92. The predicted octanol–water partition coefficient (Wildman–Crippen LogP) is 2.52. The summed E-state index contributed by atoms with van der Waals surface area (Å²) in [4.78, 5) is 0. The van der Waals surface area contributed by atoms with E-state index < -0.39 is 0 Å². The van der Waals surface area contributed by atoms with E-state index in [0.29, 0.717) is 17.0 Å². The molecule has 0 fully saturated rings. The lowest BCUT2D eigenvalue weighted by Gasteiger charge is -2.28. The summed E-state index contributed by atoms with van der Waals surface area (Å²) >= 11 is 5.87. The van der Waals surface area contributed by atoms with Crippen LogP contribution in [-0.2, 0) is 11.2 Å². The van der Waals surface area contributed by atoms with Gasteiger partial charge in [0, 0.05) is 12.1 Å². The molecule has 0 bridgehead atoms. The quantitative estimate of drug-likeness (QED) is 0.619. The van der Waals surface area contributed by atoms with E-state index in [-0.39, 0.29) is 23.9 Å². The van der Waals surface area contributed by atoms with E-state index in [1.165, 1.54) is 12.1 Å². The number of hydrogen-bond donors (Lipinski definition) is 2. The van der Waals surface area contributed by atoms with Crippen molar-refractivity contribution in [2.45, 2.75) is 32.4 Å². The zero-order valence-electron chi connectivity index (χ0n) is 10.9. The van der Waals surface area contributed by atoms with Gasteiger partial charge in [-0.3, -0.25) is 11.3 Å². The van der Waals surface area contributed by atoms with Gasteiger partial charge in [-0.2, -0.15) is 0 Å². The lowest BCUT2D eigenvalue weighted by Crippen LogP contribution is -2.48. The summed E-state index contributed by atoms with van der Waals surface area (Å²) in [7, 11) is 1.63. The van der Waals surface area contributed by atoms with E-state index >= 15 is 0 Å². The average Bonchev–Trinajstić information content (AvgIpc) is 2.32. The van der Waals surface area contributed by atoms with Gasteiger partial charge in [0.15, 0.2) is 0 Å². The molecule has 0 saturated carbocycles. The third-order valence-corrected chi connectivity index (χ3v) is 3.22. The molecule has 0 heterocycles. The molecule has 3 nitrogen and oxygen atoms in total. The first-order chi connectivity index (χ1) is 8.49. The van der Waals surface area contributed by atoms with Gasteiger partial charge in [-0.15, -0.1) is 0 Å². The Labute approximate surface area is 112 Å². The van der Waals surface area contributed by atoms with Crippen LogP contribution < -0.4 is 11.3 Å². The number of ether oxygens (including phenoxy) is 1. The zero-order valence-corrected chi connectivity index (χ0v) is 11.7. The number of hydrazine groups is 1. The molecule has 1 rings (SSSR count). The van der Waals surface area contributed by atoms with E-state index in [2.05, 4.69) is 5.43 Å². The van der Waals surface area contributed by atoms with Crippen molar-refractivity contribution in [1.82, 2.24) is 5.43 Å². The van der Waals surface area contributed by atoms with Crippen molar-refractivity contribution in [3.8, 4) is 0 Å². The highest BCUT2D eigenvalue weighted by Gasteiger charge is 2.24. The van der Waals surface area contributed by atoms with Crippen molar-refractivity contribution in [3.63, 3.8) is 0 Å². The van der Waals surface area contributed by atoms with Crippen LogP contribution in [0.25, 0.3) is 0 Å². The van der Waals surface area contributed by atoms with Gasteiger partial charge in [0.1, 0.15) is 5.82 Å². The Hall–Kier alpha value is -0.680. The Morgan fingerprint density at radius 3 is 2.61 bits per heavy atom. The molecule has 18 heavy (non-hydrogen) atoms. The van der Waals surface area contributed by atoms with Crippen molar-refractivity contribution in [1.29, 1.82) is 0 Å². The van der Waals surface area contributed by atoms with Crippen LogP contribution in [0.3, 0.4) is 0 Å². The Morgan fingerprint density at radius 2 is 2.11 bits per heavy atom. The molecular weight excluding hydrogens is 255 g/mol. The molecule has 3 N–H and O–H groups in total. The third-order valence-electron chi connectivity index (χ3n) is 2.99. The van der Waals surface area contributed by atoms with Crippen LogP contribution in [0.2, 0.25) is 5.02 Å². The van der Waals surface area contributed by atoms with Crippen LogP contribution in [-0.4, -0.2) is 19.3 Å². The van der Waals surface area contributed by atoms with Crippen LogP contribution in [0, 0.1) is 11.7 Å². The maximum Gasteiger partial charge on any atom is 0.126 e. The Balaban J connectivity index is 2.88. The normalized spacial score (nSPS) is 14.8. The zero-order chi connectivity index (χ0) is 13.7. The second-order valence-electron chi connectivity index (χ2n) is 4.66. The monoisotopic (exact) mass is 274 g/mol. The Kier molecular flexibility index (Phi) is 6.02. The first-order valence-corrected chi connectivity index (χ1v) is 6.30. The van der Waals surface area contributed by atoms with Crippen molar-refractivity contribution in [2.24, 2.45) is 11.8 Å². The minimum atomic E-state index is -0.279. The third kappa shape index (κ3) is 3.92. The maximum absolute atomic E-state index is 13.7. The SMILES string of the molecule is COC(C(C)C)C(Cc1cc(Cl)ccc1F)NN. The molecule has 0 aliphatic rings. The molecule has 0 saturated heterocycles. The van der Waals surface area contributed by atoms with Crippen molar-refractivity contribution < 1.29 is 9.13 Å². The summed E-state index contributed by atoms with van der Waals surface area (Å²) in [5.74, 6) is 5.53. The molecule has 1 aromatic rings. The molecule has 5 heteroatoms. The van der Waals surface area contributed by atoms with Gasteiger partial charge in [0.2, 0.25) is 0 Å². The number of methoxy groups -OCH3 is 1. The molecule has 2 unspecified atom stereocenters. The largest absolute Gasteiger partial charge is 0.380 e. The molecule has 0 aliphatic heterocycles. The molecule has 2 atom stereocenters. The summed E-state index contributed by atoms with van der Waals surface area (Å²) < 4.78 is 19.1.